The number of ether oxygens (including phenoxy) is 2. The molecule has 1 fully saturated rings. The molecule has 0 unspecified atom stereocenters. The zero-order valence-corrected chi connectivity index (χ0v) is 25.4. The molecular weight excluding hydrogens is 614 g/mol. The van der Waals surface area contributed by atoms with E-state index >= 15 is 0 Å². The van der Waals surface area contributed by atoms with Crippen molar-refractivity contribution in [3.63, 3.8) is 0 Å². The fourth-order valence-corrected chi connectivity index (χ4v) is 5.82. The van der Waals surface area contributed by atoms with E-state index in [9.17, 15) is 9.59 Å². The van der Waals surface area contributed by atoms with Crippen molar-refractivity contribution < 1.29 is 19.1 Å². The third-order valence-electron chi connectivity index (χ3n) is 6.08. The Hall–Kier alpha value is -4.34. The van der Waals surface area contributed by atoms with Crippen LogP contribution in [0.1, 0.15) is 18.1 Å². The van der Waals surface area contributed by atoms with Gasteiger partial charge < -0.3 is 14.8 Å². The summed E-state index contributed by atoms with van der Waals surface area (Å²) in [4.78, 5) is 33.1. The summed E-state index contributed by atoms with van der Waals surface area (Å²) in [5.74, 6) is 0.389. The van der Waals surface area contributed by atoms with Gasteiger partial charge in [0.2, 0.25) is 0 Å². The van der Waals surface area contributed by atoms with Gasteiger partial charge in [0.15, 0.2) is 23.3 Å². The maximum Gasteiger partial charge on any atom is 0.271 e. The van der Waals surface area contributed by atoms with Gasteiger partial charge in [-0.2, -0.15) is 0 Å². The minimum absolute atomic E-state index is 0.178. The second-order valence-electron chi connectivity index (χ2n) is 9.29. The van der Waals surface area contributed by atoms with Gasteiger partial charge in [0.05, 0.1) is 27.4 Å². The number of carbonyl (C=O) groups excluding carboxylic acids is 2. The number of thioether (sulfide) groups is 1. The smallest absolute Gasteiger partial charge is 0.271 e. The van der Waals surface area contributed by atoms with Gasteiger partial charge in [-0.15, -0.1) is 0 Å². The van der Waals surface area contributed by atoms with Crippen molar-refractivity contribution in [2.45, 2.75) is 13.8 Å². The first-order valence-corrected chi connectivity index (χ1v) is 14.9. The summed E-state index contributed by atoms with van der Waals surface area (Å²) >= 11 is 4.88. The van der Waals surface area contributed by atoms with Gasteiger partial charge >= 0.3 is 0 Å². The Morgan fingerprint density at radius 2 is 1.71 bits per heavy atom. The minimum atomic E-state index is -0.291. The largest absolute Gasteiger partial charge is 0.490 e. The van der Waals surface area contributed by atoms with Crippen molar-refractivity contribution in [1.82, 2.24) is 0 Å². The standard InChI is InChI=1S/C33H28BrN3O4S/c1-3-40-28-19-23(18-27(34)31(28)41-21-30(38)35-25-14-10-11-22(2)17-25)20-29-32(39)37(26-15-8-5-9-16-26)33(42-29)36-24-12-6-4-7-13-24/h4-20H,3,21H2,1-2H3,(H,35,38)/b29-20-,36-33?. The molecule has 0 atom stereocenters. The molecule has 0 radical (unpaired) electrons. The number of halogens is 1. The van der Waals surface area contributed by atoms with Crippen molar-refractivity contribution in [3.8, 4) is 11.5 Å². The normalized spacial score (nSPS) is 14.8. The zero-order valence-electron chi connectivity index (χ0n) is 23.0. The van der Waals surface area contributed by atoms with E-state index < -0.39 is 0 Å². The molecule has 0 saturated carbocycles. The summed E-state index contributed by atoms with van der Waals surface area (Å²) in [6.07, 6.45) is 1.80. The molecule has 1 N–H and O–H groups in total. The molecule has 7 nitrogen and oxygen atoms in total. The lowest BCUT2D eigenvalue weighted by Gasteiger charge is -2.15. The van der Waals surface area contributed by atoms with Crippen LogP contribution in [-0.2, 0) is 9.59 Å². The first-order valence-electron chi connectivity index (χ1n) is 13.3. The number of nitrogens with one attached hydrogen (secondary N) is 1. The highest BCUT2D eigenvalue weighted by molar-refractivity contribution is 9.10. The number of carbonyl (C=O) groups is 2. The Balaban J connectivity index is 1.40. The molecule has 0 spiro atoms. The average molecular weight is 643 g/mol. The van der Waals surface area contributed by atoms with Crippen LogP contribution in [0.15, 0.2) is 111 Å². The van der Waals surface area contributed by atoms with Gasteiger partial charge in [-0.3, -0.25) is 14.5 Å². The molecule has 1 heterocycles. The molecule has 5 rings (SSSR count). The summed E-state index contributed by atoms with van der Waals surface area (Å²) in [5.41, 5.74) is 3.96. The summed E-state index contributed by atoms with van der Waals surface area (Å²) in [6.45, 7) is 4.02. The van der Waals surface area contributed by atoms with Gasteiger partial charge in [-0.1, -0.05) is 48.5 Å². The molecule has 4 aromatic rings. The van der Waals surface area contributed by atoms with Gasteiger partial charge in [0.1, 0.15) is 0 Å². The molecule has 2 amide bonds. The predicted octanol–water partition coefficient (Wildman–Crippen LogP) is 7.98. The first kappa shape index (κ1) is 29.2. The molecule has 1 saturated heterocycles. The van der Waals surface area contributed by atoms with Gasteiger partial charge in [0.25, 0.3) is 11.8 Å². The Morgan fingerprint density at radius 3 is 2.43 bits per heavy atom. The molecule has 1 aliphatic rings. The minimum Gasteiger partial charge on any atom is -0.490 e. The van der Waals surface area contributed by atoms with Crippen LogP contribution in [-0.4, -0.2) is 30.2 Å². The third kappa shape index (κ3) is 7.10. The van der Waals surface area contributed by atoms with Crippen LogP contribution in [0, 0.1) is 6.92 Å². The van der Waals surface area contributed by atoms with Crippen molar-refractivity contribution in [2.75, 3.05) is 23.4 Å². The van der Waals surface area contributed by atoms with E-state index in [0.717, 1.165) is 22.5 Å². The van der Waals surface area contributed by atoms with E-state index in [4.69, 9.17) is 14.5 Å². The molecule has 42 heavy (non-hydrogen) atoms. The molecule has 0 aromatic heterocycles. The topological polar surface area (TPSA) is 80.2 Å². The van der Waals surface area contributed by atoms with Gasteiger partial charge in [-0.05, 0) is 107 Å². The number of hydrogen-bond donors (Lipinski definition) is 1. The van der Waals surface area contributed by atoms with Crippen molar-refractivity contribution in [2.24, 2.45) is 4.99 Å². The maximum absolute atomic E-state index is 13.7. The van der Waals surface area contributed by atoms with Crippen LogP contribution in [0.3, 0.4) is 0 Å². The van der Waals surface area contributed by atoms with Crippen LogP contribution in [0.25, 0.3) is 6.08 Å². The lowest BCUT2D eigenvalue weighted by Crippen LogP contribution is -2.28. The highest BCUT2D eigenvalue weighted by Gasteiger charge is 2.34. The highest BCUT2D eigenvalue weighted by Crippen LogP contribution is 2.41. The monoisotopic (exact) mass is 641 g/mol. The quantitative estimate of drug-likeness (QED) is 0.187. The number of benzene rings is 4. The van der Waals surface area contributed by atoms with Gasteiger partial charge in [0, 0.05) is 5.69 Å². The van der Waals surface area contributed by atoms with Crippen molar-refractivity contribution >= 4 is 67.8 Å². The molecule has 212 valence electrons. The van der Waals surface area contributed by atoms with Crippen LogP contribution in [0.4, 0.5) is 17.1 Å². The molecule has 4 aromatic carbocycles. The average Bonchev–Trinajstić information content (AvgIpc) is 3.27. The number of rotatable bonds is 9. The lowest BCUT2D eigenvalue weighted by molar-refractivity contribution is -0.118. The number of amides is 2. The summed E-state index contributed by atoms with van der Waals surface area (Å²) in [6, 6.07) is 30.2. The third-order valence-corrected chi connectivity index (χ3v) is 7.64. The fourth-order valence-electron chi connectivity index (χ4n) is 4.25. The second-order valence-corrected chi connectivity index (χ2v) is 11.1. The van der Waals surface area contributed by atoms with Crippen LogP contribution < -0.4 is 19.7 Å². The lowest BCUT2D eigenvalue weighted by atomic mass is 10.1. The van der Waals surface area contributed by atoms with Crippen molar-refractivity contribution in [3.05, 3.63) is 118 Å². The number of amidine groups is 1. The SMILES string of the molecule is CCOc1cc(/C=C2\SC(=Nc3ccccc3)N(c3ccccc3)C2=O)cc(Br)c1OCC(=O)Nc1cccc(C)c1. The molecule has 0 bridgehead atoms. The molecule has 1 aliphatic heterocycles. The molecule has 9 heteroatoms. The summed E-state index contributed by atoms with van der Waals surface area (Å²) < 4.78 is 12.3. The first-order chi connectivity index (χ1) is 20.4. The Bertz CT molecular complexity index is 1660. The van der Waals surface area contributed by atoms with Crippen LogP contribution in [0.5, 0.6) is 11.5 Å². The van der Waals surface area contributed by atoms with Crippen LogP contribution >= 0.6 is 27.7 Å². The van der Waals surface area contributed by atoms with E-state index in [-0.39, 0.29) is 18.4 Å². The van der Waals surface area contributed by atoms with E-state index in [1.54, 1.807) is 17.0 Å². The van der Waals surface area contributed by atoms with E-state index in [0.29, 0.717) is 38.3 Å². The molecule has 0 aliphatic carbocycles. The maximum atomic E-state index is 13.7. The van der Waals surface area contributed by atoms with Gasteiger partial charge in [-0.25, -0.2) is 4.99 Å². The second kappa shape index (κ2) is 13.5. The number of aliphatic imine (C=N–C) groups is 1. The zero-order chi connectivity index (χ0) is 29.5. The number of nitrogens with zero attached hydrogens (tertiary/aromatic N) is 2. The predicted molar refractivity (Wildman–Crippen MR) is 174 cm³/mol. The van der Waals surface area contributed by atoms with E-state index in [1.165, 1.54) is 11.8 Å². The van der Waals surface area contributed by atoms with E-state index in [1.807, 2.05) is 105 Å². The number of para-hydroxylation sites is 2. The summed E-state index contributed by atoms with van der Waals surface area (Å²) in [7, 11) is 0. The molecular formula is C33H28BrN3O4S. The fraction of sp³-hybridized carbons (Fsp3) is 0.121. The number of aryl methyl sites for hydroxylation is 1. The Kier molecular flexibility index (Phi) is 9.41. The Labute approximate surface area is 257 Å². The van der Waals surface area contributed by atoms with Crippen molar-refractivity contribution in [1.29, 1.82) is 0 Å². The summed E-state index contributed by atoms with van der Waals surface area (Å²) in [5, 5.41) is 3.40. The number of hydrogen-bond acceptors (Lipinski definition) is 6. The highest BCUT2D eigenvalue weighted by atomic mass is 79.9. The number of anilines is 2. The Morgan fingerprint density at radius 1 is 0.976 bits per heavy atom. The van der Waals surface area contributed by atoms with Crippen LogP contribution in [0.2, 0.25) is 0 Å². The van der Waals surface area contributed by atoms with E-state index in [2.05, 4.69) is 21.2 Å².